The summed E-state index contributed by atoms with van der Waals surface area (Å²) < 4.78 is 11.2. The highest BCUT2D eigenvalue weighted by atomic mass is 16.5. The lowest BCUT2D eigenvalue weighted by Gasteiger charge is -2.12. The molecule has 1 amide bonds. The zero-order chi connectivity index (χ0) is 20.9. The molecule has 0 radical (unpaired) electrons. The molecule has 0 atom stereocenters. The maximum Gasteiger partial charge on any atom is 0.255 e. The molecule has 0 spiro atoms. The van der Waals surface area contributed by atoms with Crippen LogP contribution in [0.5, 0.6) is 11.5 Å². The van der Waals surface area contributed by atoms with E-state index in [1.54, 1.807) is 13.2 Å². The summed E-state index contributed by atoms with van der Waals surface area (Å²) in [5.74, 6) is 1.28. The number of pyridine rings is 1. The van der Waals surface area contributed by atoms with Crippen LogP contribution in [0, 0.1) is 0 Å². The zero-order valence-corrected chi connectivity index (χ0v) is 16.9. The zero-order valence-electron chi connectivity index (χ0n) is 16.9. The fraction of sp³-hybridized carbons (Fsp3) is 0.120. The van der Waals surface area contributed by atoms with E-state index in [0.29, 0.717) is 17.9 Å². The van der Waals surface area contributed by atoms with Gasteiger partial charge in [-0.15, -0.1) is 0 Å². The molecule has 1 aromatic heterocycles. The van der Waals surface area contributed by atoms with Crippen LogP contribution >= 0.6 is 0 Å². The molecule has 0 aliphatic rings. The van der Waals surface area contributed by atoms with Gasteiger partial charge in [0.15, 0.2) is 0 Å². The number of nitrogens with zero attached hydrogens (tertiary/aromatic N) is 1. The van der Waals surface area contributed by atoms with E-state index in [1.807, 2.05) is 79.7 Å². The molecule has 0 saturated heterocycles. The summed E-state index contributed by atoms with van der Waals surface area (Å²) in [5, 5.41) is 3.71. The van der Waals surface area contributed by atoms with Crippen molar-refractivity contribution in [2.75, 3.05) is 19.0 Å². The van der Waals surface area contributed by atoms with Crippen molar-refractivity contribution in [3.05, 3.63) is 84.4 Å². The van der Waals surface area contributed by atoms with Gasteiger partial charge in [0.2, 0.25) is 0 Å². The number of rotatable bonds is 6. The number of hydrogen-bond donors (Lipinski definition) is 1. The van der Waals surface area contributed by atoms with E-state index >= 15 is 0 Å². The summed E-state index contributed by atoms with van der Waals surface area (Å²) in [7, 11) is 1.64. The van der Waals surface area contributed by atoms with E-state index in [0.717, 1.165) is 33.6 Å². The van der Waals surface area contributed by atoms with E-state index in [2.05, 4.69) is 5.32 Å². The Hall–Kier alpha value is -3.86. The number of methoxy groups -OCH3 is 1. The number of hydrogen-bond acceptors (Lipinski definition) is 4. The number of nitrogens with one attached hydrogen (secondary N) is 1. The lowest BCUT2D eigenvalue weighted by atomic mass is 10.1. The van der Waals surface area contributed by atoms with Crippen molar-refractivity contribution < 1.29 is 14.3 Å². The van der Waals surface area contributed by atoms with Crippen molar-refractivity contribution in [3.63, 3.8) is 0 Å². The number of para-hydroxylation sites is 1. The molecule has 0 fully saturated rings. The van der Waals surface area contributed by atoms with Crippen LogP contribution in [0.15, 0.2) is 78.9 Å². The minimum absolute atomic E-state index is 0.178. The monoisotopic (exact) mass is 398 g/mol. The Morgan fingerprint density at radius 3 is 2.57 bits per heavy atom. The van der Waals surface area contributed by atoms with Crippen LogP contribution in [0.25, 0.3) is 22.2 Å². The number of carbonyl (C=O) groups is 1. The largest absolute Gasteiger partial charge is 0.497 e. The smallest absolute Gasteiger partial charge is 0.255 e. The Labute approximate surface area is 175 Å². The number of benzene rings is 3. The van der Waals surface area contributed by atoms with Gasteiger partial charge >= 0.3 is 0 Å². The van der Waals surface area contributed by atoms with Gasteiger partial charge in [-0.25, -0.2) is 4.98 Å². The fourth-order valence-corrected chi connectivity index (χ4v) is 3.27. The molecule has 4 aromatic rings. The fourth-order valence-electron chi connectivity index (χ4n) is 3.27. The van der Waals surface area contributed by atoms with Crippen LogP contribution in [0.4, 0.5) is 5.69 Å². The normalized spacial score (nSPS) is 10.6. The summed E-state index contributed by atoms with van der Waals surface area (Å²) in [4.78, 5) is 17.5. The second-order valence-electron chi connectivity index (χ2n) is 6.72. The number of fused-ring (bicyclic) bond motifs is 1. The molecule has 0 unspecified atom stereocenters. The topological polar surface area (TPSA) is 60.5 Å². The lowest BCUT2D eigenvalue weighted by Crippen LogP contribution is -2.11. The maximum atomic E-state index is 12.7. The van der Waals surface area contributed by atoms with Crippen LogP contribution in [0.3, 0.4) is 0 Å². The van der Waals surface area contributed by atoms with Gasteiger partial charge in [-0.2, -0.15) is 0 Å². The molecule has 5 nitrogen and oxygen atoms in total. The Morgan fingerprint density at radius 2 is 1.80 bits per heavy atom. The van der Waals surface area contributed by atoms with Crippen LogP contribution in [0.2, 0.25) is 0 Å². The Kier molecular flexibility index (Phi) is 5.61. The van der Waals surface area contributed by atoms with Gasteiger partial charge in [0.1, 0.15) is 11.5 Å². The van der Waals surface area contributed by atoms with Crippen molar-refractivity contribution in [1.29, 1.82) is 0 Å². The predicted octanol–water partition coefficient (Wildman–Crippen LogP) is 5.56. The number of anilines is 1. The van der Waals surface area contributed by atoms with Gasteiger partial charge in [0.05, 0.1) is 24.9 Å². The van der Waals surface area contributed by atoms with E-state index in [9.17, 15) is 4.79 Å². The Bertz CT molecular complexity index is 1190. The van der Waals surface area contributed by atoms with Crippen molar-refractivity contribution in [1.82, 2.24) is 4.98 Å². The molecular formula is C25H22N2O3. The molecule has 5 heteroatoms. The molecule has 0 saturated carbocycles. The first kappa shape index (κ1) is 19.5. The third-order valence-electron chi connectivity index (χ3n) is 4.73. The third kappa shape index (κ3) is 4.10. The van der Waals surface area contributed by atoms with E-state index in [4.69, 9.17) is 14.5 Å². The highest BCUT2D eigenvalue weighted by Crippen LogP contribution is 2.32. The molecule has 1 N–H and O–H groups in total. The summed E-state index contributed by atoms with van der Waals surface area (Å²) in [6, 6.07) is 24.5. The van der Waals surface area contributed by atoms with Crippen molar-refractivity contribution in [3.8, 4) is 22.8 Å². The average molecular weight is 398 g/mol. The molecule has 0 aliphatic heterocycles. The molecular weight excluding hydrogens is 376 g/mol. The van der Waals surface area contributed by atoms with E-state index in [1.165, 1.54) is 0 Å². The highest BCUT2D eigenvalue weighted by Gasteiger charge is 2.13. The minimum atomic E-state index is -0.178. The number of carbonyl (C=O) groups excluding carboxylic acids is 1. The second kappa shape index (κ2) is 8.66. The Balaban J connectivity index is 1.74. The average Bonchev–Trinajstić information content (AvgIpc) is 2.79. The summed E-state index contributed by atoms with van der Waals surface area (Å²) in [6.45, 7) is 2.44. The van der Waals surface area contributed by atoms with Gasteiger partial charge in [0, 0.05) is 28.3 Å². The first-order chi connectivity index (χ1) is 14.7. The van der Waals surface area contributed by atoms with Crippen LogP contribution in [-0.4, -0.2) is 24.6 Å². The maximum absolute atomic E-state index is 12.7. The predicted molar refractivity (Wildman–Crippen MR) is 119 cm³/mol. The van der Waals surface area contributed by atoms with Crippen LogP contribution < -0.4 is 14.8 Å². The van der Waals surface area contributed by atoms with Gasteiger partial charge in [0.25, 0.3) is 5.91 Å². The lowest BCUT2D eigenvalue weighted by molar-refractivity contribution is 0.102. The first-order valence-electron chi connectivity index (χ1n) is 9.76. The summed E-state index contributed by atoms with van der Waals surface area (Å²) in [5.41, 5.74) is 3.77. The first-order valence-corrected chi connectivity index (χ1v) is 9.76. The van der Waals surface area contributed by atoms with Crippen LogP contribution in [0.1, 0.15) is 17.3 Å². The highest BCUT2D eigenvalue weighted by molar-refractivity contribution is 6.06. The van der Waals surface area contributed by atoms with Crippen LogP contribution in [-0.2, 0) is 0 Å². The number of ether oxygens (including phenoxy) is 2. The molecule has 0 aliphatic carbocycles. The minimum Gasteiger partial charge on any atom is -0.497 e. The van der Waals surface area contributed by atoms with Gasteiger partial charge in [-0.3, -0.25) is 4.79 Å². The van der Waals surface area contributed by atoms with Gasteiger partial charge < -0.3 is 14.8 Å². The molecule has 30 heavy (non-hydrogen) atoms. The SMILES string of the molecule is CCOc1cc(-c2cccc(OC)c2)nc2ccc(C(=O)Nc3ccccc3)cc12. The molecule has 150 valence electrons. The van der Waals surface area contributed by atoms with Crippen molar-refractivity contribution in [2.24, 2.45) is 0 Å². The second-order valence-corrected chi connectivity index (χ2v) is 6.72. The number of amides is 1. The van der Waals surface area contributed by atoms with E-state index in [-0.39, 0.29) is 5.91 Å². The standard InChI is InChI=1S/C25H22N2O3/c1-3-30-24-16-23(17-8-7-11-20(14-17)29-2)27-22-13-12-18(15-21(22)24)25(28)26-19-9-5-4-6-10-19/h4-16H,3H2,1-2H3,(H,26,28). The summed E-state index contributed by atoms with van der Waals surface area (Å²) >= 11 is 0. The van der Waals surface area contributed by atoms with Crippen molar-refractivity contribution >= 4 is 22.5 Å². The summed E-state index contributed by atoms with van der Waals surface area (Å²) in [6.07, 6.45) is 0. The Morgan fingerprint density at radius 1 is 0.967 bits per heavy atom. The third-order valence-corrected chi connectivity index (χ3v) is 4.73. The number of aromatic nitrogens is 1. The molecule has 1 heterocycles. The quantitative estimate of drug-likeness (QED) is 0.462. The molecule has 0 bridgehead atoms. The van der Waals surface area contributed by atoms with E-state index < -0.39 is 0 Å². The molecule has 3 aromatic carbocycles. The molecule has 4 rings (SSSR count). The van der Waals surface area contributed by atoms with Gasteiger partial charge in [-0.05, 0) is 49.4 Å². The van der Waals surface area contributed by atoms with Gasteiger partial charge in [-0.1, -0.05) is 30.3 Å². The van der Waals surface area contributed by atoms with Crippen molar-refractivity contribution in [2.45, 2.75) is 6.92 Å².